The molecule has 0 aliphatic carbocycles. The summed E-state index contributed by atoms with van der Waals surface area (Å²) in [6, 6.07) is 29.6. The summed E-state index contributed by atoms with van der Waals surface area (Å²) < 4.78 is -6.23. The molecule has 0 atom stereocenters. The molecule has 0 aromatic heterocycles. The van der Waals surface area contributed by atoms with Crippen molar-refractivity contribution >= 4 is 245 Å². The molecule has 0 saturated carbocycles. The monoisotopic (exact) mass is 1490 g/mol. The van der Waals surface area contributed by atoms with E-state index in [2.05, 4.69) is 290 Å². The molecule has 238 valence electrons. The van der Waals surface area contributed by atoms with Crippen molar-refractivity contribution in [1.29, 1.82) is 0 Å². The minimum atomic E-state index is -1.00. The molecule has 4 aromatic rings. The van der Waals surface area contributed by atoms with Crippen LogP contribution in [0.25, 0.3) is 21.5 Å². The second-order valence-corrected chi connectivity index (χ2v) is 34.6. The lowest BCUT2D eigenvalue weighted by molar-refractivity contribution is 0.555. The van der Waals surface area contributed by atoms with Crippen LogP contribution in [-0.2, 0) is 9.65 Å². The number of hydrogen-bond donors (Lipinski definition) is 0. The maximum Gasteiger partial charge on any atom is 0.137 e. The van der Waals surface area contributed by atoms with E-state index in [1.165, 1.54) is 16.3 Å². The second kappa shape index (κ2) is 15.2. The van der Waals surface area contributed by atoms with Crippen molar-refractivity contribution in [2.45, 2.75) is 41.9 Å². The van der Waals surface area contributed by atoms with Crippen LogP contribution in [0.2, 0.25) is 0 Å². The van der Waals surface area contributed by atoms with Crippen molar-refractivity contribution in [3.63, 3.8) is 0 Å². The number of benzene rings is 4. The Labute approximate surface area is 376 Å². The maximum atomic E-state index is 4.06. The molecule has 0 unspecified atom stereocenters. The third-order valence-corrected chi connectivity index (χ3v) is 36.2. The zero-order valence-electron chi connectivity index (χ0n) is 22.0. The van der Waals surface area contributed by atoms with E-state index in [0.29, 0.717) is 0 Å². The molecule has 0 fully saturated rings. The fourth-order valence-corrected chi connectivity index (χ4v) is 18.3. The fraction of sp³-hybridized carbons (Fsp3) is 0.333. The van der Waals surface area contributed by atoms with E-state index < -0.39 is 22.6 Å². The Kier molecular flexibility index (Phi) is 14.2. The van der Waals surface area contributed by atoms with Gasteiger partial charge in [-0.1, -0.05) is 308 Å². The molecule has 4 aromatic carbocycles. The van der Waals surface area contributed by atoms with Crippen molar-refractivity contribution in [2.24, 2.45) is 0 Å². The predicted octanol–water partition coefficient (Wildman–Crippen LogP) is 16.9. The summed E-state index contributed by atoms with van der Waals surface area (Å²) in [6.07, 6.45) is 2.61. The molecule has 0 saturated heterocycles. The number of alkyl halides is 14. The lowest BCUT2D eigenvalue weighted by atomic mass is 9.97. The lowest BCUT2D eigenvalue weighted by Gasteiger charge is -2.57. The predicted molar refractivity (Wildman–Crippen MR) is 244 cm³/mol. The maximum absolute atomic E-state index is 4.06. The Morgan fingerprint density at radius 2 is 0.841 bits per heavy atom. The fourth-order valence-electron chi connectivity index (χ4n) is 4.86. The minimum absolute atomic E-state index is 0.635. The van der Waals surface area contributed by atoms with Gasteiger partial charge in [-0.25, -0.2) is 0 Å². The molecule has 4 rings (SSSR count). The van der Waals surface area contributed by atoms with Gasteiger partial charge in [0.05, 0.1) is 0 Å². The summed E-state index contributed by atoms with van der Waals surface area (Å²) in [5, 5.41) is 4.77. The van der Waals surface area contributed by atoms with Gasteiger partial charge in [-0.3, -0.25) is 0 Å². The Bertz CT molecular complexity index is 1630. The molecule has 0 aliphatic heterocycles. The minimum Gasteiger partial charge on any atom is -0.0701 e. The van der Waals surface area contributed by atoms with Crippen LogP contribution in [0.5, 0.6) is 0 Å². The second-order valence-electron chi connectivity index (χ2n) is 10.2. The Balaban J connectivity index is 1.64. The molecule has 0 spiro atoms. The number of rotatable bonds is 11. The highest BCUT2D eigenvalue weighted by atomic mass is 79.9. The summed E-state index contributed by atoms with van der Waals surface area (Å²) in [7, 11) is 0. The van der Waals surface area contributed by atoms with Crippen molar-refractivity contribution in [3.8, 4) is 0 Å². The van der Waals surface area contributed by atoms with Crippen LogP contribution in [0, 0.1) is 0 Å². The van der Waals surface area contributed by atoms with Crippen LogP contribution >= 0.6 is 223 Å². The average molecular weight is 1500 g/mol. The van der Waals surface area contributed by atoms with Crippen molar-refractivity contribution in [1.82, 2.24) is 0 Å². The van der Waals surface area contributed by atoms with E-state index in [0.717, 1.165) is 35.6 Å². The van der Waals surface area contributed by atoms with Gasteiger partial charge in [0, 0.05) is 0 Å². The highest BCUT2D eigenvalue weighted by Crippen LogP contribution is 2.77. The normalized spacial score (nSPS) is 14.4. The first kappa shape index (κ1) is 40.9. The van der Waals surface area contributed by atoms with Gasteiger partial charge in [-0.05, 0) is 51.9 Å². The largest absolute Gasteiger partial charge is 0.137 e. The van der Waals surface area contributed by atoms with Gasteiger partial charge in [0.15, 0.2) is 0 Å². The Morgan fingerprint density at radius 1 is 0.409 bits per heavy atom. The number of fused-ring (bicyclic) bond motifs is 2. The van der Waals surface area contributed by atoms with Gasteiger partial charge in [-0.2, -0.15) is 0 Å². The van der Waals surface area contributed by atoms with Gasteiger partial charge in [0.25, 0.3) is 0 Å². The summed E-state index contributed by atoms with van der Waals surface area (Å²) in [5.74, 6) is 0. The molecule has 14 heteroatoms. The Hall–Kier alpha value is 4.12. The summed E-state index contributed by atoms with van der Waals surface area (Å²) in [6.45, 7) is 0. The van der Waals surface area contributed by atoms with E-state index in [1.54, 1.807) is 0 Å². The lowest BCUT2D eigenvalue weighted by Crippen LogP contribution is -2.66. The Morgan fingerprint density at radius 3 is 1.43 bits per heavy atom. The zero-order valence-corrected chi connectivity index (χ0v) is 44.2. The average Bonchev–Trinajstić information content (AvgIpc) is 2.96. The molecule has 0 radical (unpaired) electrons. The summed E-state index contributed by atoms with van der Waals surface area (Å²) in [4.78, 5) is 0. The third kappa shape index (κ3) is 7.34. The van der Waals surface area contributed by atoms with Crippen LogP contribution in [0.3, 0.4) is 0 Å². The van der Waals surface area contributed by atoms with Crippen molar-refractivity contribution in [2.75, 3.05) is 0 Å². The number of aryl methyl sites for hydroxylation is 1. The van der Waals surface area contributed by atoms with Gasteiger partial charge in [0.1, 0.15) is 22.6 Å². The van der Waals surface area contributed by atoms with Crippen LogP contribution in [0.1, 0.15) is 24.0 Å². The molecule has 44 heavy (non-hydrogen) atoms. The van der Waals surface area contributed by atoms with Crippen LogP contribution in [-0.4, -0.2) is 19.4 Å². The summed E-state index contributed by atoms with van der Waals surface area (Å²) >= 11 is 56.7. The molecule has 0 heterocycles. The van der Waals surface area contributed by atoms with Crippen LogP contribution < -0.4 is 0 Å². The van der Waals surface area contributed by atoms with Crippen LogP contribution in [0.15, 0.2) is 84.9 Å². The van der Waals surface area contributed by atoms with E-state index >= 15 is 0 Å². The van der Waals surface area contributed by atoms with Gasteiger partial charge < -0.3 is 0 Å². The van der Waals surface area contributed by atoms with E-state index in [9.17, 15) is 0 Å². The molecule has 0 aliphatic rings. The van der Waals surface area contributed by atoms with Gasteiger partial charge >= 0.3 is 0 Å². The quantitative estimate of drug-likeness (QED) is 0.131. The standard InChI is InChI=1S/C30H20Br14/c31-24(32,17-7-13-19-11-5-10-18-8-1-3-14-21(18)19)26(35,36)28(39,40)30(43,44)29(41,42)27(37,38)25(33,34)23-16-6-12-20-9-2-4-15-22(20)23/h1-6,8-12,14-16H,7,13,17H2. The molecular weight excluding hydrogens is 1480 g/mol. The van der Waals surface area contributed by atoms with E-state index in [1.807, 2.05) is 18.2 Å². The first-order chi connectivity index (χ1) is 20.1. The molecule has 0 N–H and O–H groups in total. The first-order valence-corrected chi connectivity index (χ1v) is 23.8. The SMILES string of the molecule is BrC(Br)(CCCc1cccc2ccccc12)C(Br)(Br)C(Br)(Br)C(Br)(Br)C(Br)(Br)C(Br)(Br)C(Br)(Br)c1cccc2ccccc12. The first-order valence-electron chi connectivity index (χ1n) is 12.7. The molecule has 0 nitrogen and oxygen atoms in total. The third-order valence-electron chi connectivity index (χ3n) is 7.38. The van der Waals surface area contributed by atoms with Crippen LogP contribution in [0.4, 0.5) is 0 Å². The topological polar surface area (TPSA) is 0 Å². The van der Waals surface area contributed by atoms with Gasteiger partial charge in [-0.15, -0.1) is 0 Å². The van der Waals surface area contributed by atoms with Crippen molar-refractivity contribution < 1.29 is 0 Å². The number of halogens is 14. The highest BCUT2D eigenvalue weighted by molar-refractivity contribution is 9.36. The van der Waals surface area contributed by atoms with E-state index in [-0.39, 0.29) is 0 Å². The smallest absolute Gasteiger partial charge is 0.0701 e. The van der Waals surface area contributed by atoms with Crippen molar-refractivity contribution in [3.05, 3.63) is 96.1 Å². The molecule has 0 amide bonds. The number of hydrogen-bond acceptors (Lipinski definition) is 0. The zero-order chi connectivity index (χ0) is 33.0. The molecule has 0 bridgehead atoms. The van der Waals surface area contributed by atoms with E-state index in [4.69, 9.17) is 0 Å². The van der Waals surface area contributed by atoms with Gasteiger partial charge in [0.2, 0.25) is 0 Å². The summed E-state index contributed by atoms with van der Waals surface area (Å²) in [5.41, 5.74) is 2.35. The molecular formula is C30H20Br14. The highest BCUT2D eigenvalue weighted by Gasteiger charge is 2.75.